The minimum absolute atomic E-state index is 0.678. The van der Waals surface area contributed by atoms with Crippen molar-refractivity contribution in [2.75, 3.05) is 11.9 Å². The molecular formula is C20H22ClN5S. The van der Waals surface area contributed by atoms with Gasteiger partial charge in [-0.2, -0.15) is 0 Å². The maximum Gasteiger partial charge on any atom is 0.173 e. The molecule has 1 aromatic carbocycles. The summed E-state index contributed by atoms with van der Waals surface area (Å²) < 4.78 is 2.07. The van der Waals surface area contributed by atoms with Crippen LogP contribution < -0.4 is 5.32 Å². The van der Waals surface area contributed by atoms with Crippen LogP contribution in [0.1, 0.15) is 17.5 Å². The third-order valence-electron chi connectivity index (χ3n) is 4.24. The zero-order valence-corrected chi connectivity index (χ0v) is 16.7. The van der Waals surface area contributed by atoms with Gasteiger partial charge in [0.15, 0.2) is 5.11 Å². The van der Waals surface area contributed by atoms with Crippen LogP contribution in [0.25, 0.3) is 0 Å². The summed E-state index contributed by atoms with van der Waals surface area (Å²) in [7, 11) is 0. The summed E-state index contributed by atoms with van der Waals surface area (Å²) in [5.74, 6) is 0. The molecule has 0 aliphatic carbocycles. The van der Waals surface area contributed by atoms with Gasteiger partial charge in [0, 0.05) is 55.1 Å². The van der Waals surface area contributed by atoms with Crippen molar-refractivity contribution < 1.29 is 0 Å². The van der Waals surface area contributed by atoms with Crippen molar-refractivity contribution in [1.82, 2.24) is 19.4 Å². The maximum absolute atomic E-state index is 6.23. The molecule has 0 atom stereocenters. The highest BCUT2D eigenvalue weighted by molar-refractivity contribution is 7.80. The van der Waals surface area contributed by atoms with E-state index in [1.807, 2.05) is 49.8 Å². The summed E-state index contributed by atoms with van der Waals surface area (Å²) >= 11 is 11.9. The van der Waals surface area contributed by atoms with Gasteiger partial charge in [-0.15, -0.1) is 0 Å². The number of rotatable bonds is 7. The Morgan fingerprint density at radius 2 is 2.00 bits per heavy atom. The predicted molar refractivity (Wildman–Crippen MR) is 114 cm³/mol. The Morgan fingerprint density at radius 3 is 2.70 bits per heavy atom. The van der Waals surface area contributed by atoms with E-state index in [9.17, 15) is 0 Å². The van der Waals surface area contributed by atoms with E-state index in [0.29, 0.717) is 5.11 Å². The number of nitrogens with zero attached hydrogens (tertiary/aromatic N) is 4. The Morgan fingerprint density at radius 1 is 1.19 bits per heavy atom. The van der Waals surface area contributed by atoms with Gasteiger partial charge in [0.05, 0.1) is 6.33 Å². The van der Waals surface area contributed by atoms with Crippen LogP contribution in [0.3, 0.4) is 0 Å². The van der Waals surface area contributed by atoms with Crippen molar-refractivity contribution >= 4 is 34.6 Å². The second-order valence-electron chi connectivity index (χ2n) is 6.33. The van der Waals surface area contributed by atoms with E-state index < -0.39 is 0 Å². The van der Waals surface area contributed by atoms with Gasteiger partial charge in [0.2, 0.25) is 0 Å². The summed E-state index contributed by atoms with van der Waals surface area (Å²) in [6, 6.07) is 9.89. The number of anilines is 1. The molecule has 0 radical (unpaired) electrons. The molecule has 2 aromatic heterocycles. The third kappa shape index (κ3) is 5.77. The van der Waals surface area contributed by atoms with Crippen molar-refractivity contribution in [1.29, 1.82) is 0 Å². The van der Waals surface area contributed by atoms with Crippen LogP contribution in [0.2, 0.25) is 5.02 Å². The summed E-state index contributed by atoms with van der Waals surface area (Å²) in [6.45, 7) is 4.42. The van der Waals surface area contributed by atoms with Gasteiger partial charge in [-0.25, -0.2) is 4.98 Å². The molecule has 0 saturated heterocycles. The standard InChI is InChI=1S/C20H22ClN5S/c1-16-3-4-18(13-19(16)21)24-20(27)26(14-17-5-7-22-8-6-17)11-2-10-25-12-9-23-15-25/h3-9,12-13,15H,2,10-11,14H2,1H3,(H,24,27). The molecule has 0 amide bonds. The van der Waals surface area contributed by atoms with E-state index in [0.717, 1.165) is 42.3 Å². The summed E-state index contributed by atoms with van der Waals surface area (Å²) in [6.07, 6.45) is 10.2. The lowest BCUT2D eigenvalue weighted by atomic mass is 10.2. The van der Waals surface area contributed by atoms with E-state index in [-0.39, 0.29) is 0 Å². The van der Waals surface area contributed by atoms with E-state index >= 15 is 0 Å². The Hall–Kier alpha value is -2.44. The van der Waals surface area contributed by atoms with Crippen LogP contribution >= 0.6 is 23.8 Å². The molecule has 0 bridgehead atoms. The monoisotopic (exact) mass is 399 g/mol. The Labute approximate surface area is 170 Å². The quantitative estimate of drug-likeness (QED) is 0.591. The second kappa shape index (κ2) is 9.48. The van der Waals surface area contributed by atoms with Gasteiger partial charge in [-0.05, 0) is 61.0 Å². The lowest BCUT2D eigenvalue weighted by Crippen LogP contribution is -2.35. The highest BCUT2D eigenvalue weighted by Crippen LogP contribution is 2.20. The molecule has 0 unspecified atom stereocenters. The number of halogens is 1. The van der Waals surface area contributed by atoms with E-state index in [2.05, 4.69) is 24.8 Å². The molecule has 1 N–H and O–H groups in total. The number of aromatic nitrogens is 3. The number of hydrogen-bond donors (Lipinski definition) is 1. The Balaban J connectivity index is 1.66. The summed E-state index contributed by atoms with van der Waals surface area (Å²) in [5, 5.41) is 4.72. The zero-order chi connectivity index (χ0) is 19.1. The topological polar surface area (TPSA) is 46.0 Å². The molecule has 0 fully saturated rings. The molecule has 0 spiro atoms. The summed E-state index contributed by atoms with van der Waals surface area (Å²) in [4.78, 5) is 10.3. The number of imidazole rings is 1. The molecule has 27 heavy (non-hydrogen) atoms. The number of hydrogen-bond acceptors (Lipinski definition) is 3. The van der Waals surface area contributed by atoms with E-state index in [4.69, 9.17) is 23.8 Å². The van der Waals surface area contributed by atoms with Crippen LogP contribution in [0, 0.1) is 6.92 Å². The SMILES string of the molecule is Cc1ccc(NC(=S)N(CCCn2ccnc2)Cc2ccncc2)cc1Cl. The molecule has 2 heterocycles. The normalized spacial score (nSPS) is 10.6. The van der Waals surface area contributed by atoms with Crippen LogP contribution in [0.5, 0.6) is 0 Å². The van der Waals surface area contributed by atoms with E-state index in [1.54, 1.807) is 18.6 Å². The summed E-state index contributed by atoms with van der Waals surface area (Å²) in [5.41, 5.74) is 3.10. The highest BCUT2D eigenvalue weighted by Gasteiger charge is 2.11. The highest BCUT2D eigenvalue weighted by atomic mass is 35.5. The van der Waals surface area contributed by atoms with Crippen molar-refractivity contribution in [3.63, 3.8) is 0 Å². The minimum Gasteiger partial charge on any atom is -0.345 e. The molecule has 0 aliphatic rings. The van der Waals surface area contributed by atoms with Gasteiger partial charge >= 0.3 is 0 Å². The largest absolute Gasteiger partial charge is 0.345 e. The fraction of sp³-hybridized carbons (Fsp3) is 0.250. The second-order valence-corrected chi connectivity index (χ2v) is 7.12. The maximum atomic E-state index is 6.23. The lowest BCUT2D eigenvalue weighted by molar-refractivity contribution is 0.396. The van der Waals surface area contributed by atoms with Crippen LogP contribution in [0.15, 0.2) is 61.4 Å². The molecule has 7 heteroatoms. The Bertz CT molecular complexity index is 867. The minimum atomic E-state index is 0.678. The third-order valence-corrected chi connectivity index (χ3v) is 5.00. The number of aryl methyl sites for hydroxylation is 2. The molecule has 3 rings (SSSR count). The lowest BCUT2D eigenvalue weighted by Gasteiger charge is -2.26. The smallest absolute Gasteiger partial charge is 0.173 e. The average molecular weight is 400 g/mol. The number of pyridine rings is 1. The van der Waals surface area contributed by atoms with Gasteiger partial charge in [0.1, 0.15) is 0 Å². The molecule has 3 aromatic rings. The number of thiocarbonyl (C=S) groups is 1. The van der Waals surface area contributed by atoms with Crippen molar-refractivity contribution in [2.24, 2.45) is 0 Å². The van der Waals surface area contributed by atoms with Gasteiger partial charge in [-0.3, -0.25) is 4.98 Å². The molecular weight excluding hydrogens is 378 g/mol. The van der Waals surface area contributed by atoms with Gasteiger partial charge in [-0.1, -0.05) is 17.7 Å². The Kier molecular flexibility index (Phi) is 6.79. The van der Waals surface area contributed by atoms with Crippen LogP contribution in [0.4, 0.5) is 5.69 Å². The molecule has 5 nitrogen and oxygen atoms in total. The zero-order valence-electron chi connectivity index (χ0n) is 15.2. The number of nitrogens with one attached hydrogen (secondary N) is 1. The molecule has 0 saturated carbocycles. The van der Waals surface area contributed by atoms with Gasteiger partial charge in [0.25, 0.3) is 0 Å². The van der Waals surface area contributed by atoms with Crippen LogP contribution in [-0.4, -0.2) is 31.1 Å². The van der Waals surface area contributed by atoms with Crippen molar-refractivity contribution in [3.05, 3.63) is 77.6 Å². The van der Waals surface area contributed by atoms with Crippen molar-refractivity contribution in [3.8, 4) is 0 Å². The average Bonchev–Trinajstić information content (AvgIpc) is 3.18. The van der Waals surface area contributed by atoms with Crippen molar-refractivity contribution in [2.45, 2.75) is 26.4 Å². The fourth-order valence-electron chi connectivity index (χ4n) is 2.70. The van der Waals surface area contributed by atoms with E-state index in [1.165, 1.54) is 5.56 Å². The number of benzene rings is 1. The molecule has 140 valence electrons. The first kappa shape index (κ1) is 19.3. The first-order valence-corrected chi connectivity index (χ1v) is 9.57. The van der Waals surface area contributed by atoms with Gasteiger partial charge < -0.3 is 14.8 Å². The van der Waals surface area contributed by atoms with Crippen LogP contribution in [-0.2, 0) is 13.1 Å². The first-order valence-electron chi connectivity index (χ1n) is 8.78. The first-order chi connectivity index (χ1) is 13.1. The molecule has 0 aliphatic heterocycles. The fourth-order valence-corrected chi connectivity index (χ4v) is 3.15. The predicted octanol–water partition coefficient (Wildman–Crippen LogP) is 4.53.